The summed E-state index contributed by atoms with van der Waals surface area (Å²) in [6.07, 6.45) is 1.62. The molecule has 3 rings (SSSR count). The van der Waals surface area contributed by atoms with Crippen molar-refractivity contribution in [3.63, 3.8) is 0 Å². The number of benzene rings is 1. The van der Waals surface area contributed by atoms with E-state index in [1.807, 2.05) is 34.6 Å². The maximum absolute atomic E-state index is 14.4. The number of carbonyl (C=O) groups is 1. The van der Waals surface area contributed by atoms with Crippen molar-refractivity contribution in [3.8, 4) is 11.3 Å². The van der Waals surface area contributed by atoms with Gasteiger partial charge in [-0.2, -0.15) is 5.10 Å². The van der Waals surface area contributed by atoms with Crippen molar-refractivity contribution in [1.82, 2.24) is 20.5 Å². The first-order valence-electron chi connectivity index (χ1n) is 11.9. The molecular formula is C27H32F2N4O3S. The number of halogens is 2. The number of rotatable bonds is 8. The third kappa shape index (κ3) is 6.01. The number of pyridine rings is 1. The van der Waals surface area contributed by atoms with Gasteiger partial charge in [-0.15, -0.1) is 5.10 Å². The van der Waals surface area contributed by atoms with Crippen molar-refractivity contribution in [1.29, 1.82) is 0 Å². The van der Waals surface area contributed by atoms with E-state index in [0.717, 1.165) is 11.8 Å². The summed E-state index contributed by atoms with van der Waals surface area (Å²) in [6.45, 7) is 9.88. The van der Waals surface area contributed by atoms with Crippen LogP contribution < -0.4 is 5.32 Å². The lowest BCUT2D eigenvalue weighted by atomic mass is 9.62. The maximum Gasteiger partial charge on any atom is 0.269 e. The molecule has 0 saturated carbocycles. The number of nitrogens with one attached hydrogen (secondary N) is 1. The van der Waals surface area contributed by atoms with Crippen molar-refractivity contribution in [2.45, 2.75) is 46.5 Å². The lowest BCUT2D eigenvalue weighted by Crippen LogP contribution is -2.41. The third-order valence-electron chi connectivity index (χ3n) is 6.70. The van der Waals surface area contributed by atoms with Crippen LogP contribution in [-0.2, 0) is 21.7 Å². The van der Waals surface area contributed by atoms with Gasteiger partial charge in [0.15, 0.2) is 0 Å². The van der Waals surface area contributed by atoms with Crippen LogP contribution in [0.3, 0.4) is 0 Å². The molecule has 0 unspecified atom stereocenters. The fourth-order valence-electron chi connectivity index (χ4n) is 4.13. The Bertz CT molecular complexity index is 1400. The highest BCUT2D eigenvalue weighted by Crippen LogP contribution is 2.46. The van der Waals surface area contributed by atoms with E-state index in [4.69, 9.17) is 0 Å². The number of carbonyl (C=O) groups excluding carboxylic acids is 1. The number of sulfone groups is 1. The van der Waals surface area contributed by atoms with Crippen molar-refractivity contribution >= 4 is 15.7 Å². The van der Waals surface area contributed by atoms with Crippen LogP contribution in [0.1, 0.15) is 62.1 Å². The fraction of sp³-hybridized carbons (Fsp3) is 0.407. The van der Waals surface area contributed by atoms with Crippen LogP contribution in [0.2, 0.25) is 0 Å². The Kier molecular flexibility index (Phi) is 8.12. The summed E-state index contributed by atoms with van der Waals surface area (Å²) in [5.74, 6) is -2.12. The van der Waals surface area contributed by atoms with Gasteiger partial charge in [-0.25, -0.2) is 22.2 Å². The Hall–Kier alpha value is -3.27. The number of aryl methyl sites for hydroxylation is 1. The van der Waals surface area contributed by atoms with E-state index in [9.17, 15) is 22.0 Å². The molecule has 1 atom stereocenters. The van der Waals surface area contributed by atoms with E-state index in [1.54, 1.807) is 24.3 Å². The van der Waals surface area contributed by atoms with Crippen LogP contribution in [0.25, 0.3) is 11.3 Å². The van der Waals surface area contributed by atoms with E-state index in [0.29, 0.717) is 17.8 Å². The lowest BCUT2D eigenvalue weighted by molar-refractivity contribution is 0.0950. The molecule has 0 radical (unpaired) electrons. The molecule has 0 aliphatic heterocycles. The predicted octanol–water partition coefficient (Wildman–Crippen LogP) is 4.51. The highest BCUT2D eigenvalue weighted by molar-refractivity contribution is 7.90. The minimum atomic E-state index is -3.22. The summed E-state index contributed by atoms with van der Waals surface area (Å²) in [7, 11) is -3.22. The van der Waals surface area contributed by atoms with Gasteiger partial charge in [0.2, 0.25) is 0 Å². The Morgan fingerprint density at radius 3 is 2.19 bits per heavy atom. The van der Waals surface area contributed by atoms with Gasteiger partial charge in [-0.05, 0) is 54.7 Å². The van der Waals surface area contributed by atoms with E-state index in [2.05, 4.69) is 20.5 Å². The van der Waals surface area contributed by atoms with Gasteiger partial charge < -0.3 is 5.32 Å². The molecule has 1 aromatic carbocycles. The van der Waals surface area contributed by atoms with Crippen molar-refractivity contribution in [2.24, 2.45) is 5.41 Å². The molecule has 10 heteroatoms. The van der Waals surface area contributed by atoms with Gasteiger partial charge in [-0.1, -0.05) is 39.8 Å². The molecule has 3 aromatic rings. The zero-order valence-corrected chi connectivity index (χ0v) is 22.7. The Morgan fingerprint density at radius 1 is 1.00 bits per heavy atom. The summed E-state index contributed by atoms with van der Waals surface area (Å²) >= 11 is 0. The quantitative estimate of drug-likeness (QED) is 0.460. The molecule has 2 heterocycles. The minimum Gasteiger partial charge on any atom is -0.350 e. The maximum atomic E-state index is 14.4. The van der Waals surface area contributed by atoms with Crippen molar-refractivity contribution in [2.75, 3.05) is 18.6 Å². The van der Waals surface area contributed by atoms with E-state index >= 15 is 0 Å². The number of amides is 1. The largest absolute Gasteiger partial charge is 0.350 e. The summed E-state index contributed by atoms with van der Waals surface area (Å²) in [6, 6.07) is 10.4. The third-order valence-corrected chi connectivity index (χ3v) is 7.64. The van der Waals surface area contributed by atoms with Gasteiger partial charge in [0.05, 0.1) is 33.8 Å². The van der Waals surface area contributed by atoms with Crippen LogP contribution in [0.4, 0.5) is 8.78 Å². The topological polar surface area (TPSA) is 102 Å². The zero-order valence-electron chi connectivity index (χ0n) is 21.9. The Balaban J connectivity index is 2.10. The smallest absolute Gasteiger partial charge is 0.269 e. The molecule has 7 nitrogen and oxygen atoms in total. The molecule has 0 saturated heterocycles. The van der Waals surface area contributed by atoms with Gasteiger partial charge >= 0.3 is 0 Å². The fourth-order valence-corrected chi connectivity index (χ4v) is 4.60. The van der Waals surface area contributed by atoms with Crippen molar-refractivity contribution in [3.05, 3.63) is 76.7 Å². The van der Waals surface area contributed by atoms with Crippen LogP contribution in [0, 0.1) is 17.0 Å². The number of nitrogens with zero attached hydrogens (tertiary/aromatic N) is 3. The summed E-state index contributed by atoms with van der Waals surface area (Å²) in [4.78, 5) is 17.4. The molecule has 2 aromatic heterocycles. The van der Waals surface area contributed by atoms with E-state index in [1.165, 1.54) is 18.2 Å². The molecule has 0 aliphatic carbocycles. The highest BCUT2D eigenvalue weighted by Gasteiger charge is 2.45. The van der Waals surface area contributed by atoms with Gasteiger partial charge in [-0.3, -0.25) is 4.79 Å². The summed E-state index contributed by atoms with van der Waals surface area (Å²) in [5, 5.41) is 11.3. The number of aromatic nitrogens is 3. The summed E-state index contributed by atoms with van der Waals surface area (Å²) < 4.78 is 51.7. The van der Waals surface area contributed by atoms with Gasteiger partial charge in [0, 0.05) is 12.8 Å². The Labute approximate surface area is 216 Å². The SMILES string of the molecule is CCc1cc(-c2c(F)cccc2F)nnc1[C@](C)(c1cccc(C(=O)NCCS(C)(=O)=O)n1)C(C)(C)C. The normalized spacial score (nSPS) is 13.7. The first-order valence-corrected chi connectivity index (χ1v) is 14.0. The summed E-state index contributed by atoms with van der Waals surface area (Å²) in [5.41, 5.74) is 0.580. The highest BCUT2D eigenvalue weighted by atomic mass is 32.2. The van der Waals surface area contributed by atoms with E-state index < -0.39 is 38.2 Å². The second-order valence-electron chi connectivity index (χ2n) is 10.2. The molecule has 0 bridgehead atoms. The molecule has 37 heavy (non-hydrogen) atoms. The van der Waals surface area contributed by atoms with Crippen molar-refractivity contribution < 1.29 is 22.0 Å². The number of hydrogen-bond donors (Lipinski definition) is 1. The first-order chi connectivity index (χ1) is 17.2. The average molecular weight is 531 g/mol. The molecule has 1 amide bonds. The standard InChI is InChI=1S/C27H32F2N4O3S/c1-7-17-16-21(23-18(28)10-8-11-19(23)29)32-33-24(17)27(5,26(2,3)4)22-13-9-12-20(31-22)25(34)30-14-15-37(6,35)36/h8-13,16H,7,14-15H2,1-6H3,(H,30,34)/t27-/m0/s1. The number of hydrogen-bond acceptors (Lipinski definition) is 6. The first kappa shape index (κ1) is 28.3. The van der Waals surface area contributed by atoms with E-state index in [-0.39, 0.29) is 29.2 Å². The molecular weight excluding hydrogens is 498 g/mol. The van der Waals surface area contributed by atoms with Crippen LogP contribution in [-0.4, -0.2) is 48.1 Å². The molecule has 0 fully saturated rings. The molecule has 1 N–H and O–H groups in total. The van der Waals surface area contributed by atoms with Crippen LogP contribution in [0.5, 0.6) is 0 Å². The molecule has 0 aliphatic rings. The van der Waals surface area contributed by atoms with Crippen LogP contribution in [0.15, 0.2) is 42.5 Å². The van der Waals surface area contributed by atoms with Gasteiger partial charge in [0.1, 0.15) is 27.2 Å². The lowest BCUT2D eigenvalue weighted by Gasteiger charge is -2.42. The monoisotopic (exact) mass is 530 g/mol. The zero-order chi connectivity index (χ0) is 27.6. The second-order valence-corrected chi connectivity index (χ2v) is 12.5. The van der Waals surface area contributed by atoms with Gasteiger partial charge in [0.25, 0.3) is 5.91 Å². The second kappa shape index (κ2) is 10.6. The van der Waals surface area contributed by atoms with Crippen LogP contribution >= 0.6 is 0 Å². The predicted molar refractivity (Wildman–Crippen MR) is 139 cm³/mol. The molecule has 198 valence electrons. The molecule has 0 spiro atoms. The Morgan fingerprint density at radius 2 is 1.62 bits per heavy atom. The average Bonchev–Trinajstić information content (AvgIpc) is 2.81. The minimum absolute atomic E-state index is 0.0281.